The van der Waals surface area contributed by atoms with Crippen LogP contribution in [0.1, 0.15) is 35.5 Å². The van der Waals surface area contributed by atoms with E-state index in [1.54, 1.807) is 6.07 Å². The second-order valence-electron chi connectivity index (χ2n) is 7.27. The predicted molar refractivity (Wildman–Crippen MR) is 113 cm³/mol. The van der Waals surface area contributed by atoms with Gasteiger partial charge in [0.05, 0.1) is 0 Å². The van der Waals surface area contributed by atoms with Gasteiger partial charge in [-0.3, -0.25) is 4.79 Å². The van der Waals surface area contributed by atoms with Crippen molar-refractivity contribution in [3.63, 3.8) is 0 Å². The number of hydrogen-bond donors (Lipinski definition) is 2. The van der Waals surface area contributed by atoms with Gasteiger partial charge in [0, 0.05) is 24.7 Å². The van der Waals surface area contributed by atoms with E-state index in [-0.39, 0.29) is 5.91 Å². The van der Waals surface area contributed by atoms with E-state index < -0.39 is 0 Å². The van der Waals surface area contributed by atoms with E-state index in [2.05, 4.69) is 40.5 Å². The van der Waals surface area contributed by atoms with Crippen LogP contribution in [-0.2, 0) is 6.54 Å². The fraction of sp³-hybridized carbons (Fsp3) is 0.261. The number of carbonyl (C=O) groups excluding carboxylic acids is 1. The maximum absolute atomic E-state index is 12.7. The van der Waals surface area contributed by atoms with Gasteiger partial charge in [-0.05, 0) is 18.4 Å². The van der Waals surface area contributed by atoms with Crippen LogP contribution in [-0.4, -0.2) is 22.4 Å². The Labute approximate surface area is 166 Å². The fourth-order valence-corrected chi connectivity index (χ4v) is 2.77. The van der Waals surface area contributed by atoms with Crippen LogP contribution in [0.25, 0.3) is 11.4 Å². The van der Waals surface area contributed by atoms with Gasteiger partial charge >= 0.3 is 0 Å². The van der Waals surface area contributed by atoms with Crippen LogP contribution in [0.3, 0.4) is 0 Å². The highest BCUT2D eigenvalue weighted by molar-refractivity contribution is 5.93. The molecule has 5 heteroatoms. The Hall–Kier alpha value is -3.21. The first-order valence-corrected chi connectivity index (χ1v) is 9.53. The van der Waals surface area contributed by atoms with Crippen molar-refractivity contribution in [2.45, 2.75) is 27.3 Å². The van der Waals surface area contributed by atoms with Gasteiger partial charge < -0.3 is 10.6 Å². The average molecular weight is 374 g/mol. The molecule has 2 N–H and O–H groups in total. The molecule has 0 fully saturated rings. The Balaban J connectivity index is 1.83. The van der Waals surface area contributed by atoms with E-state index >= 15 is 0 Å². The van der Waals surface area contributed by atoms with E-state index in [9.17, 15) is 4.79 Å². The Morgan fingerprint density at radius 1 is 1.00 bits per heavy atom. The van der Waals surface area contributed by atoms with Gasteiger partial charge in [0.1, 0.15) is 11.5 Å². The summed E-state index contributed by atoms with van der Waals surface area (Å²) < 4.78 is 0. The van der Waals surface area contributed by atoms with Gasteiger partial charge in [-0.25, -0.2) is 9.97 Å². The van der Waals surface area contributed by atoms with Crippen LogP contribution in [0.2, 0.25) is 0 Å². The van der Waals surface area contributed by atoms with Crippen molar-refractivity contribution < 1.29 is 4.79 Å². The summed E-state index contributed by atoms with van der Waals surface area (Å²) in [6, 6.07) is 19.5. The summed E-state index contributed by atoms with van der Waals surface area (Å²) in [5.41, 5.74) is 3.46. The van der Waals surface area contributed by atoms with Crippen LogP contribution in [0.4, 0.5) is 5.82 Å². The molecule has 3 rings (SSSR count). The first kappa shape index (κ1) is 19.5. The lowest BCUT2D eigenvalue weighted by Crippen LogP contribution is -2.24. The molecule has 1 heterocycles. The van der Waals surface area contributed by atoms with Gasteiger partial charge in [0.25, 0.3) is 5.91 Å². The largest absolute Gasteiger partial charge is 0.370 e. The van der Waals surface area contributed by atoms with E-state index in [1.807, 2.05) is 55.5 Å². The van der Waals surface area contributed by atoms with Crippen molar-refractivity contribution in [1.82, 2.24) is 15.3 Å². The molecule has 0 spiro atoms. The van der Waals surface area contributed by atoms with Gasteiger partial charge in [0.2, 0.25) is 0 Å². The minimum atomic E-state index is -0.214. The number of amides is 1. The van der Waals surface area contributed by atoms with Gasteiger partial charge in [0.15, 0.2) is 5.82 Å². The standard InChI is InChI=1S/C23H26N4O/c1-16(2)14-24-21-13-20(26-22(27-21)19-10-5-4-6-11-19)23(28)25-15-18-9-7-8-17(3)12-18/h4-13,16H,14-15H2,1-3H3,(H,25,28)(H,24,26,27). The molecule has 3 aromatic rings. The molecule has 0 aliphatic rings. The maximum Gasteiger partial charge on any atom is 0.270 e. The summed E-state index contributed by atoms with van der Waals surface area (Å²) in [7, 11) is 0. The molecule has 0 radical (unpaired) electrons. The first-order chi connectivity index (χ1) is 13.5. The minimum absolute atomic E-state index is 0.214. The van der Waals surface area contributed by atoms with Crippen LogP contribution >= 0.6 is 0 Å². The SMILES string of the molecule is Cc1cccc(CNC(=O)c2cc(NCC(C)C)nc(-c3ccccc3)n2)c1. The van der Waals surface area contributed by atoms with E-state index in [0.717, 1.165) is 17.7 Å². The van der Waals surface area contributed by atoms with Gasteiger partial charge in [-0.1, -0.05) is 74.0 Å². The number of carbonyl (C=O) groups is 1. The van der Waals surface area contributed by atoms with Crippen molar-refractivity contribution in [2.24, 2.45) is 5.92 Å². The highest BCUT2D eigenvalue weighted by Crippen LogP contribution is 2.18. The molecule has 0 saturated heterocycles. The highest BCUT2D eigenvalue weighted by Gasteiger charge is 2.13. The van der Waals surface area contributed by atoms with E-state index in [4.69, 9.17) is 0 Å². The van der Waals surface area contributed by atoms with Crippen molar-refractivity contribution in [2.75, 3.05) is 11.9 Å². The molecule has 0 atom stereocenters. The third-order valence-electron chi connectivity index (χ3n) is 4.22. The van der Waals surface area contributed by atoms with Crippen molar-refractivity contribution in [3.8, 4) is 11.4 Å². The van der Waals surface area contributed by atoms with Crippen LogP contribution in [0.15, 0.2) is 60.7 Å². The van der Waals surface area contributed by atoms with Crippen LogP contribution in [0, 0.1) is 12.8 Å². The molecule has 0 aliphatic heterocycles. The normalized spacial score (nSPS) is 10.7. The number of aryl methyl sites for hydroxylation is 1. The number of benzene rings is 2. The smallest absolute Gasteiger partial charge is 0.270 e. The van der Waals surface area contributed by atoms with E-state index in [1.165, 1.54) is 5.56 Å². The molecular weight excluding hydrogens is 348 g/mol. The van der Waals surface area contributed by atoms with Crippen LogP contribution in [0.5, 0.6) is 0 Å². The summed E-state index contributed by atoms with van der Waals surface area (Å²) in [6.07, 6.45) is 0. The number of hydrogen-bond acceptors (Lipinski definition) is 4. The molecule has 28 heavy (non-hydrogen) atoms. The summed E-state index contributed by atoms with van der Waals surface area (Å²) in [6.45, 7) is 7.52. The molecule has 1 amide bonds. The lowest BCUT2D eigenvalue weighted by atomic mass is 10.1. The van der Waals surface area contributed by atoms with Gasteiger partial charge in [-0.2, -0.15) is 0 Å². The third-order valence-corrected chi connectivity index (χ3v) is 4.22. The average Bonchev–Trinajstić information content (AvgIpc) is 2.71. The monoisotopic (exact) mass is 374 g/mol. The maximum atomic E-state index is 12.7. The fourth-order valence-electron chi connectivity index (χ4n) is 2.77. The first-order valence-electron chi connectivity index (χ1n) is 9.53. The Morgan fingerprint density at radius 3 is 2.50 bits per heavy atom. The number of aromatic nitrogens is 2. The highest BCUT2D eigenvalue weighted by atomic mass is 16.1. The molecule has 0 bridgehead atoms. The molecular formula is C23H26N4O. The lowest BCUT2D eigenvalue weighted by molar-refractivity contribution is 0.0946. The molecule has 0 aliphatic carbocycles. The Morgan fingerprint density at radius 2 is 1.79 bits per heavy atom. The zero-order valence-electron chi connectivity index (χ0n) is 16.6. The zero-order valence-corrected chi connectivity index (χ0v) is 16.6. The minimum Gasteiger partial charge on any atom is -0.370 e. The molecule has 1 aromatic heterocycles. The summed E-state index contributed by atoms with van der Waals surface area (Å²) >= 11 is 0. The lowest BCUT2D eigenvalue weighted by Gasteiger charge is -2.12. The Bertz CT molecular complexity index is 938. The molecule has 2 aromatic carbocycles. The summed E-state index contributed by atoms with van der Waals surface area (Å²) in [5, 5.41) is 6.26. The zero-order chi connectivity index (χ0) is 19.9. The summed E-state index contributed by atoms with van der Waals surface area (Å²) in [4.78, 5) is 21.8. The molecule has 5 nitrogen and oxygen atoms in total. The second kappa shape index (κ2) is 9.13. The summed E-state index contributed by atoms with van der Waals surface area (Å²) in [5.74, 6) is 1.45. The molecule has 0 saturated carbocycles. The predicted octanol–water partition coefficient (Wildman–Crippen LogP) is 4.45. The topological polar surface area (TPSA) is 66.9 Å². The number of nitrogens with zero attached hydrogens (tertiary/aromatic N) is 2. The van der Waals surface area contributed by atoms with Crippen LogP contribution < -0.4 is 10.6 Å². The molecule has 0 unspecified atom stereocenters. The van der Waals surface area contributed by atoms with Crippen molar-refractivity contribution >= 4 is 11.7 Å². The van der Waals surface area contributed by atoms with Crippen molar-refractivity contribution in [1.29, 1.82) is 0 Å². The number of rotatable bonds is 7. The van der Waals surface area contributed by atoms with Crippen molar-refractivity contribution in [3.05, 3.63) is 77.5 Å². The van der Waals surface area contributed by atoms with Gasteiger partial charge in [-0.15, -0.1) is 0 Å². The number of anilines is 1. The quantitative estimate of drug-likeness (QED) is 0.641. The number of nitrogens with one attached hydrogen (secondary N) is 2. The molecule has 144 valence electrons. The van der Waals surface area contributed by atoms with E-state index in [0.29, 0.717) is 29.8 Å². The Kier molecular flexibility index (Phi) is 6.37. The second-order valence-corrected chi connectivity index (χ2v) is 7.27. The third kappa shape index (κ3) is 5.39.